The number of anilines is 1. The van der Waals surface area contributed by atoms with E-state index in [-0.39, 0.29) is 29.9 Å². The van der Waals surface area contributed by atoms with Gasteiger partial charge >= 0.3 is 0 Å². The van der Waals surface area contributed by atoms with E-state index in [0.717, 1.165) is 12.1 Å². The SMILES string of the molecule is CO[C@@H]1CN(C)C(=O)c2ccc(NC(C)=O)cc2OC[C@H](C)N(Cc2cncnc2)C[C@@H]1C. The van der Waals surface area contributed by atoms with Crippen molar-refractivity contribution < 1.29 is 19.1 Å². The van der Waals surface area contributed by atoms with Gasteiger partial charge in [-0.2, -0.15) is 0 Å². The summed E-state index contributed by atoms with van der Waals surface area (Å²) in [6, 6.07) is 5.14. The molecule has 1 aromatic carbocycles. The van der Waals surface area contributed by atoms with E-state index in [0.29, 0.717) is 36.7 Å². The molecule has 0 spiro atoms. The zero-order valence-electron chi connectivity index (χ0n) is 19.9. The summed E-state index contributed by atoms with van der Waals surface area (Å²) in [7, 11) is 3.45. The molecule has 3 rings (SSSR count). The molecule has 0 aliphatic carbocycles. The topological polar surface area (TPSA) is 96.9 Å². The monoisotopic (exact) mass is 455 g/mol. The van der Waals surface area contributed by atoms with Crippen LogP contribution < -0.4 is 10.1 Å². The van der Waals surface area contributed by atoms with E-state index in [4.69, 9.17) is 9.47 Å². The average molecular weight is 456 g/mol. The third-order valence-electron chi connectivity index (χ3n) is 5.90. The number of nitrogens with one attached hydrogen (secondary N) is 1. The van der Waals surface area contributed by atoms with Gasteiger partial charge in [-0.15, -0.1) is 0 Å². The molecule has 178 valence electrons. The number of likely N-dealkylation sites (N-methyl/N-ethyl adjacent to an activating group) is 1. The lowest BCUT2D eigenvalue weighted by Crippen LogP contribution is -2.46. The molecule has 0 unspecified atom stereocenters. The van der Waals surface area contributed by atoms with Gasteiger partial charge in [0.15, 0.2) is 0 Å². The van der Waals surface area contributed by atoms with E-state index in [1.807, 2.05) is 12.4 Å². The highest BCUT2D eigenvalue weighted by molar-refractivity contribution is 5.98. The predicted molar refractivity (Wildman–Crippen MR) is 125 cm³/mol. The highest BCUT2D eigenvalue weighted by atomic mass is 16.5. The van der Waals surface area contributed by atoms with Crippen molar-refractivity contribution in [2.75, 3.05) is 39.2 Å². The van der Waals surface area contributed by atoms with E-state index in [9.17, 15) is 9.59 Å². The molecule has 0 saturated heterocycles. The molecule has 2 heterocycles. The van der Waals surface area contributed by atoms with Crippen molar-refractivity contribution in [3.05, 3.63) is 48.0 Å². The number of carbonyl (C=O) groups is 2. The van der Waals surface area contributed by atoms with Crippen molar-refractivity contribution in [3.8, 4) is 5.75 Å². The Morgan fingerprint density at radius 1 is 1.24 bits per heavy atom. The molecule has 1 aliphatic heterocycles. The van der Waals surface area contributed by atoms with Crippen LogP contribution in [0.25, 0.3) is 0 Å². The summed E-state index contributed by atoms with van der Waals surface area (Å²) in [5.74, 6) is 0.266. The summed E-state index contributed by atoms with van der Waals surface area (Å²) >= 11 is 0. The number of hydrogen-bond acceptors (Lipinski definition) is 7. The van der Waals surface area contributed by atoms with Gasteiger partial charge in [0.2, 0.25) is 5.91 Å². The van der Waals surface area contributed by atoms with Gasteiger partial charge in [-0.1, -0.05) is 6.92 Å². The van der Waals surface area contributed by atoms with Gasteiger partial charge < -0.3 is 19.7 Å². The number of carbonyl (C=O) groups excluding carboxylic acids is 2. The van der Waals surface area contributed by atoms with Crippen molar-refractivity contribution in [1.29, 1.82) is 0 Å². The van der Waals surface area contributed by atoms with Crippen LogP contribution in [0.2, 0.25) is 0 Å². The van der Waals surface area contributed by atoms with Crippen molar-refractivity contribution in [1.82, 2.24) is 19.8 Å². The maximum Gasteiger partial charge on any atom is 0.257 e. The van der Waals surface area contributed by atoms with Gasteiger partial charge in [0.05, 0.1) is 11.7 Å². The number of ether oxygens (including phenoxy) is 2. The summed E-state index contributed by atoms with van der Waals surface area (Å²) < 4.78 is 12.0. The first-order valence-corrected chi connectivity index (χ1v) is 11.1. The van der Waals surface area contributed by atoms with E-state index in [2.05, 4.69) is 34.0 Å². The summed E-state index contributed by atoms with van der Waals surface area (Å²) in [5.41, 5.74) is 2.04. The van der Waals surface area contributed by atoms with Gasteiger partial charge in [-0.3, -0.25) is 14.5 Å². The first kappa shape index (κ1) is 24.6. The fourth-order valence-corrected chi connectivity index (χ4v) is 3.99. The minimum atomic E-state index is -0.187. The number of benzene rings is 1. The average Bonchev–Trinajstić information content (AvgIpc) is 2.79. The van der Waals surface area contributed by atoms with Crippen LogP contribution in [-0.2, 0) is 16.1 Å². The Morgan fingerprint density at radius 3 is 2.64 bits per heavy atom. The lowest BCUT2D eigenvalue weighted by atomic mass is 10.0. The molecule has 2 amide bonds. The van der Waals surface area contributed by atoms with E-state index in [1.54, 1.807) is 37.3 Å². The Kier molecular flexibility index (Phi) is 8.35. The van der Waals surface area contributed by atoms with Crippen molar-refractivity contribution in [3.63, 3.8) is 0 Å². The van der Waals surface area contributed by atoms with Gasteiger partial charge in [0.25, 0.3) is 5.91 Å². The summed E-state index contributed by atoms with van der Waals surface area (Å²) in [6.45, 7) is 7.89. The van der Waals surface area contributed by atoms with Crippen molar-refractivity contribution >= 4 is 17.5 Å². The fourth-order valence-electron chi connectivity index (χ4n) is 3.99. The van der Waals surface area contributed by atoms with Crippen LogP contribution in [0.3, 0.4) is 0 Å². The third-order valence-corrected chi connectivity index (χ3v) is 5.90. The fraction of sp³-hybridized carbons (Fsp3) is 0.500. The largest absolute Gasteiger partial charge is 0.491 e. The van der Waals surface area contributed by atoms with E-state index >= 15 is 0 Å². The standard InChI is InChI=1S/C24H33N5O4/c1-16-11-29(12-19-9-25-15-26-10-19)17(2)14-33-22-8-20(27-18(3)30)6-7-21(22)24(31)28(4)13-23(16)32-5/h6-10,15-17,23H,11-14H2,1-5H3,(H,27,30)/t16-,17-,23+/m0/s1. The number of hydrogen-bond donors (Lipinski definition) is 1. The Bertz CT molecular complexity index is 955. The number of amides is 2. The Labute approximate surface area is 195 Å². The molecule has 9 nitrogen and oxygen atoms in total. The number of fused-ring (bicyclic) bond motifs is 1. The molecular formula is C24H33N5O4. The number of nitrogens with zero attached hydrogens (tertiary/aromatic N) is 4. The molecule has 0 saturated carbocycles. The molecule has 0 bridgehead atoms. The molecule has 33 heavy (non-hydrogen) atoms. The molecular weight excluding hydrogens is 422 g/mol. The van der Waals surface area contributed by atoms with Gasteiger partial charge in [0.1, 0.15) is 18.7 Å². The maximum absolute atomic E-state index is 13.2. The first-order chi connectivity index (χ1) is 15.8. The van der Waals surface area contributed by atoms with Gasteiger partial charge in [0, 0.05) is 76.5 Å². The third kappa shape index (κ3) is 6.49. The maximum atomic E-state index is 13.2. The Balaban J connectivity index is 1.94. The molecule has 1 aliphatic rings. The molecule has 9 heteroatoms. The van der Waals surface area contributed by atoms with Crippen molar-refractivity contribution in [2.45, 2.75) is 39.5 Å². The Morgan fingerprint density at radius 2 is 1.97 bits per heavy atom. The van der Waals surface area contributed by atoms with E-state index in [1.165, 1.54) is 13.3 Å². The normalized spacial score (nSPS) is 22.5. The van der Waals surface area contributed by atoms with Crippen LogP contribution >= 0.6 is 0 Å². The first-order valence-electron chi connectivity index (χ1n) is 11.1. The predicted octanol–water partition coefficient (Wildman–Crippen LogP) is 2.44. The van der Waals surface area contributed by atoms with E-state index < -0.39 is 0 Å². The summed E-state index contributed by atoms with van der Waals surface area (Å²) in [6.07, 6.45) is 5.02. The lowest BCUT2D eigenvalue weighted by molar-refractivity contribution is -0.114. The van der Waals surface area contributed by atoms with Crippen LogP contribution in [0.1, 0.15) is 36.7 Å². The Hall–Kier alpha value is -3.04. The van der Waals surface area contributed by atoms with Gasteiger partial charge in [-0.05, 0) is 25.0 Å². The van der Waals surface area contributed by atoms with Crippen LogP contribution in [-0.4, -0.2) is 77.6 Å². The molecule has 1 N–H and O–H groups in total. The summed E-state index contributed by atoms with van der Waals surface area (Å²) in [4.78, 5) is 37.0. The van der Waals surface area contributed by atoms with Gasteiger partial charge in [-0.25, -0.2) is 9.97 Å². The number of aromatic nitrogens is 2. The second kappa shape index (κ2) is 11.2. The summed E-state index contributed by atoms with van der Waals surface area (Å²) in [5, 5.41) is 2.75. The van der Waals surface area contributed by atoms with Crippen LogP contribution in [0.4, 0.5) is 5.69 Å². The quantitative estimate of drug-likeness (QED) is 0.756. The van der Waals surface area contributed by atoms with Crippen LogP contribution in [0, 0.1) is 5.92 Å². The number of rotatable bonds is 4. The lowest BCUT2D eigenvalue weighted by Gasteiger charge is -2.36. The molecule has 2 aromatic rings. The minimum Gasteiger partial charge on any atom is -0.491 e. The molecule has 1 aromatic heterocycles. The molecule has 0 fully saturated rings. The highest BCUT2D eigenvalue weighted by Gasteiger charge is 2.28. The zero-order valence-corrected chi connectivity index (χ0v) is 19.9. The second-order valence-electron chi connectivity index (χ2n) is 8.67. The highest BCUT2D eigenvalue weighted by Crippen LogP contribution is 2.27. The van der Waals surface area contributed by atoms with Crippen LogP contribution in [0.5, 0.6) is 5.75 Å². The molecule has 0 radical (unpaired) electrons. The zero-order chi connectivity index (χ0) is 24.0. The van der Waals surface area contributed by atoms with Crippen LogP contribution in [0.15, 0.2) is 36.9 Å². The van der Waals surface area contributed by atoms with Crippen molar-refractivity contribution in [2.24, 2.45) is 5.92 Å². The second-order valence-corrected chi connectivity index (χ2v) is 8.67. The minimum absolute atomic E-state index is 0.0368. The molecule has 3 atom stereocenters. The smallest absolute Gasteiger partial charge is 0.257 e. The number of methoxy groups -OCH3 is 1.